The molecular formula is C15H16N2O. The number of hydrogen-bond acceptors (Lipinski definition) is 2. The van der Waals surface area contributed by atoms with Crippen LogP contribution >= 0.6 is 0 Å². The highest BCUT2D eigenvalue weighted by Gasteiger charge is 2.18. The maximum atomic E-state index is 12.2. The van der Waals surface area contributed by atoms with Gasteiger partial charge < -0.3 is 5.32 Å². The average molecular weight is 240 g/mol. The molecule has 0 aliphatic rings. The lowest BCUT2D eigenvalue weighted by atomic mass is 9.95. The Hall–Kier alpha value is -2.16. The van der Waals surface area contributed by atoms with Gasteiger partial charge in [0.1, 0.15) is 0 Å². The summed E-state index contributed by atoms with van der Waals surface area (Å²) in [6.07, 6.45) is 4.11. The zero-order valence-electron chi connectivity index (χ0n) is 10.3. The molecule has 0 radical (unpaired) electrons. The number of hydrogen-bond donors (Lipinski definition) is 1. The molecule has 2 aromatic rings. The van der Waals surface area contributed by atoms with E-state index in [9.17, 15) is 4.79 Å². The van der Waals surface area contributed by atoms with Crippen LogP contribution in [0.4, 0.5) is 5.69 Å². The monoisotopic (exact) mass is 240 g/mol. The summed E-state index contributed by atoms with van der Waals surface area (Å²) in [5, 5.41) is 2.91. The van der Waals surface area contributed by atoms with Crippen molar-refractivity contribution >= 4 is 11.6 Å². The third kappa shape index (κ3) is 2.94. The third-order valence-electron chi connectivity index (χ3n) is 2.87. The second-order valence-corrected chi connectivity index (χ2v) is 4.10. The van der Waals surface area contributed by atoms with Gasteiger partial charge in [0.15, 0.2) is 0 Å². The molecule has 0 saturated carbocycles. The number of amides is 1. The number of rotatable bonds is 4. The van der Waals surface area contributed by atoms with Gasteiger partial charge in [0, 0.05) is 18.1 Å². The molecule has 18 heavy (non-hydrogen) atoms. The first-order valence-electron chi connectivity index (χ1n) is 6.07. The fraction of sp³-hybridized carbons (Fsp3) is 0.200. The zero-order valence-corrected chi connectivity index (χ0v) is 10.3. The topological polar surface area (TPSA) is 42.0 Å². The van der Waals surface area contributed by atoms with Crippen LogP contribution in [0, 0.1) is 0 Å². The van der Waals surface area contributed by atoms with Crippen LogP contribution in [0.2, 0.25) is 0 Å². The molecule has 0 saturated heterocycles. The van der Waals surface area contributed by atoms with Gasteiger partial charge in [-0.2, -0.15) is 0 Å². The number of nitrogens with one attached hydrogen (secondary N) is 1. The first-order chi connectivity index (χ1) is 8.81. The van der Waals surface area contributed by atoms with Crippen molar-refractivity contribution < 1.29 is 4.79 Å². The lowest BCUT2D eigenvalue weighted by Gasteiger charge is -2.15. The van der Waals surface area contributed by atoms with Crippen molar-refractivity contribution in [2.45, 2.75) is 19.3 Å². The summed E-state index contributed by atoms with van der Waals surface area (Å²) in [5.74, 6) is -0.0886. The molecule has 0 unspecified atom stereocenters. The first-order valence-corrected chi connectivity index (χ1v) is 6.07. The summed E-state index contributed by atoms with van der Waals surface area (Å²) in [5.41, 5.74) is 1.83. The minimum atomic E-state index is -0.112. The Bertz CT molecular complexity index is 496. The molecule has 1 heterocycles. The van der Waals surface area contributed by atoms with Crippen LogP contribution < -0.4 is 5.32 Å². The van der Waals surface area contributed by atoms with E-state index in [1.807, 2.05) is 37.3 Å². The lowest BCUT2D eigenvalue weighted by Crippen LogP contribution is -2.20. The Labute approximate surface area is 107 Å². The van der Waals surface area contributed by atoms with Gasteiger partial charge in [0.25, 0.3) is 0 Å². The summed E-state index contributed by atoms with van der Waals surface area (Å²) < 4.78 is 0. The van der Waals surface area contributed by atoms with E-state index in [1.165, 1.54) is 0 Å². The normalized spacial score (nSPS) is 11.8. The van der Waals surface area contributed by atoms with Crippen molar-refractivity contribution in [2.75, 3.05) is 5.32 Å². The molecule has 1 atom stereocenters. The van der Waals surface area contributed by atoms with Crippen molar-refractivity contribution in [3.8, 4) is 0 Å². The number of carbonyl (C=O) groups is 1. The van der Waals surface area contributed by atoms with Crippen LogP contribution in [0.15, 0.2) is 54.9 Å². The fourth-order valence-electron chi connectivity index (χ4n) is 1.92. The standard InChI is InChI=1S/C15H16N2O/c1-2-14(12-6-4-3-5-7-12)15(18)17-13-8-10-16-11-9-13/h3-11,14H,2H2,1H3,(H,16,17,18)/t14-/m0/s1. The minimum Gasteiger partial charge on any atom is -0.325 e. The largest absolute Gasteiger partial charge is 0.325 e. The van der Waals surface area contributed by atoms with E-state index in [1.54, 1.807) is 24.5 Å². The summed E-state index contributed by atoms with van der Waals surface area (Å²) in [6, 6.07) is 13.4. The summed E-state index contributed by atoms with van der Waals surface area (Å²) in [4.78, 5) is 16.1. The maximum Gasteiger partial charge on any atom is 0.231 e. The van der Waals surface area contributed by atoms with E-state index in [0.29, 0.717) is 0 Å². The molecule has 0 fully saturated rings. The van der Waals surface area contributed by atoms with E-state index in [4.69, 9.17) is 0 Å². The van der Waals surface area contributed by atoms with Crippen LogP contribution in [-0.4, -0.2) is 10.9 Å². The average Bonchev–Trinajstić information content (AvgIpc) is 2.42. The first kappa shape index (κ1) is 12.3. The fourth-order valence-corrected chi connectivity index (χ4v) is 1.92. The van der Waals surface area contributed by atoms with E-state index >= 15 is 0 Å². The van der Waals surface area contributed by atoms with Crippen LogP contribution in [-0.2, 0) is 4.79 Å². The van der Waals surface area contributed by atoms with Crippen LogP contribution in [0.25, 0.3) is 0 Å². The number of pyridine rings is 1. The highest BCUT2D eigenvalue weighted by atomic mass is 16.1. The minimum absolute atomic E-state index is 0.0231. The van der Waals surface area contributed by atoms with Crippen LogP contribution in [0.5, 0.6) is 0 Å². The predicted molar refractivity (Wildman–Crippen MR) is 72.3 cm³/mol. The van der Waals surface area contributed by atoms with Gasteiger partial charge >= 0.3 is 0 Å². The van der Waals surface area contributed by atoms with Gasteiger partial charge in [-0.05, 0) is 24.1 Å². The van der Waals surface area contributed by atoms with E-state index in [-0.39, 0.29) is 11.8 Å². The third-order valence-corrected chi connectivity index (χ3v) is 2.87. The molecule has 0 aliphatic carbocycles. The molecule has 92 valence electrons. The molecule has 1 N–H and O–H groups in total. The number of anilines is 1. The Morgan fingerprint density at radius 3 is 2.44 bits per heavy atom. The van der Waals surface area contributed by atoms with Crippen molar-refractivity contribution in [3.05, 3.63) is 60.4 Å². The smallest absolute Gasteiger partial charge is 0.231 e. The highest BCUT2D eigenvalue weighted by Crippen LogP contribution is 2.21. The molecule has 2 rings (SSSR count). The Morgan fingerprint density at radius 2 is 1.83 bits per heavy atom. The van der Waals surface area contributed by atoms with Crippen LogP contribution in [0.3, 0.4) is 0 Å². The van der Waals surface area contributed by atoms with E-state index in [0.717, 1.165) is 17.7 Å². The number of nitrogens with zero attached hydrogens (tertiary/aromatic N) is 1. The summed E-state index contributed by atoms with van der Waals surface area (Å²) in [7, 11) is 0. The van der Waals surface area contributed by atoms with Gasteiger partial charge in [-0.15, -0.1) is 0 Å². The molecule has 3 heteroatoms. The van der Waals surface area contributed by atoms with Crippen molar-refractivity contribution in [1.82, 2.24) is 4.98 Å². The zero-order chi connectivity index (χ0) is 12.8. The van der Waals surface area contributed by atoms with Crippen LogP contribution in [0.1, 0.15) is 24.8 Å². The number of aromatic nitrogens is 1. The Kier molecular flexibility index (Phi) is 4.07. The Balaban J connectivity index is 2.12. The molecular weight excluding hydrogens is 224 g/mol. The molecule has 1 aromatic heterocycles. The van der Waals surface area contributed by atoms with Crippen molar-refractivity contribution in [1.29, 1.82) is 0 Å². The molecule has 0 spiro atoms. The molecule has 3 nitrogen and oxygen atoms in total. The molecule has 0 aliphatic heterocycles. The van der Waals surface area contributed by atoms with E-state index in [2.05, 4.69) is 10.3 Å². The van der Waals surface area contributed by atoms with Crippen molar-refractivity contribution in [3.63, 3.8) is 0 Å². The SMILES string of the molecule is CC[C@H](C(=O)Nc1ccncc1)c1ccccc1. The predicted octanol–water partition coefficient (Wildman–Crippen LogP) is 3.21. The van der Waals surface area contributed by atoms with E-state index < -0.39 is 0 Å². The lowest BCUT2D eigenvalue weighted by molar-refractivity contribution is -0.117. The van der Waals surface area contributed by atoms with Gasteiger partial charge in [-0.3, -0.25) is 9.78 Å². The summed E-state index contributed by atoms with van der Waals surface area (Å²) in [6.45, 7) is 2.02. The van der Waals surface area contributed by atoms with Gasteiger partial charge in [0.2, 0.25) is 5.91 Å². The summed E-state index contributed by atoms with van der Waals surface area (Å²) >= 11 is 0. The number of carbonyl (C=O) groups excluding carboxylic acids is 1. The Morgan fingerprint density at radius 1 is 1.17 bits per heavy atom. The molecule has 1 amide bonds. The molecule has 1 aromatic carbocycles. The second-order valence-electron chi connectivity index (χ2n) is 4.10. The van der Waals surface area contributed by atoms with Gasteiger partial charge in [-0.25, -0.2) is 0 Å². The maximum absolute atomic E-state index is 12.2. The number of benzene rings is 1. The molecule has 0 bridgehead atoms. The van der Waals surface area contributed by atoms with Gasteiger partial charge in [0.05, 0.1) is 5.92 Å². The highest BCUT2D eigenvalue weighted by molar-refractivity contribution is 5.95. The van der Waals surface area contributed by atoms with Crippen molar-refractivity contribution in [2.24, 2.45) is 0 Å². The van der Waals surface area contributed by atoms with Gasteiger partial charge in [-0.1, -0.05) is 37.3 Å². The second kappa shape index (κ2) is 5.96. The quantitative estimate of drug-likeness (QED) is 0.891.